The Bertz CT molecular complexity index is 907. The number of para-hydroxylation sites is 1. The van der Waals surface area contributed by atoms with Gasteiger partial charge in [-0.25, -0.2) is 0 Å². The summed E-state index contributed by atoms with van der Waals surface area (Å²) in [5, 5.41) is 4.53. The molecular formula is C16H12F4N4. The largest absolute Gasteiger partial charge is 0.360 e. The van der Waals surface area contributed by atoms with Crippen LogP contribution in [-0.2, 0) is 6.42 Å². The summed E-state index contributed by atoms with van der Waals surface area (Å²) in [6.45, 7) is 2.02. The van der Waals surface area contributed by atoms with Crippen LogP contribution in [0.2, 0.25) is 0 Å². The molecule has 24 heavy (non-hydrogen) atoms. The SMILES string of the molecule is CCc1cccc2c(/C=N/Nc3c(F)c(F)nc(F)c3F)c[nH]c12. The van der Waals surface area contributed by atoms with E-state index >= 15 is 0 Å². The molecule has 0 saturated carbocycles. The number of aryl methyl sites for hydroxylation is 1. The van der Waals surface area contributed by atoms with Gasteiger partial charge in [0.05, 0.1) is 6.21 Å². The molecule has 2 N–H and O–H groups in total. The van der Waals surface area contributed by atoms with Crippen LogP contribution >= 0.6 is 0 Å². The highest BCUT2D eigenvalue weighted by Crippen LogP contribution is 2.23. The molecule has 0 atom stereocenters. The number of nitrogens with one attached hydrogen (secondary N) is 2. The minimum absolute atomic E-state index is 0.656. The minimum atomic E-state index is -1.74. The number of hydrazone groups is 1. The highest BCUT2D eigenvalue weighted by molar-refractivity contribution is 6.00. The molecule has 3 aromatic rings. The molecule has 2 heterocycles. The van der Waals surface area contributed by atoms with E-state index in [1.54, 1.807) is 6.20 Å². The third-order valence-electron chi connectivity index (χ3n) is 3.59. The Morgan fingerprint density at radius 3 is 2.54 bits per heavy atom. The second-order valence-electron chi connectivity index (χ2n) is 5.00. The Morgan fingerprint density at radius 2 is 1.88 bits per heavy atom. The monoisotopic (exact) mass is 336 g/mol. The summed E-state index contributed by atoms with van der Waals surface area (Å²) in [7, 11) is 0. The highest BCUT2D eigenvalue weighted by Gasteiger charge is 2.20. The number of aromatic amines is 1. The first-order valence-electron chi connectivity index (χ1n) is 7.11. The average molecular weight is 336 g/mol. The van der Waals surface area contributed by atoms with Gasteiger partial charge in [0, 0.05) is 22.7 Å². The van der Waals surface area contributed by atoms with Crippen LogP contribution in [0, 0.1) is 23.5 Å². The number of anilines is 1. The summed E-state index contributed by atoms with van der Waals surface area (Å²) < 4.78 is 53.0. The second-order valence-corrected chi connectivity index (χ2v) is 5.00. The molecule has 3 rings (SSSR count). The number of rotatable bonds is 4. The molecule has 0 fully saturated rings. The molecule has 0 radical (unpaired) electrons. The van der Waals surface area contributed by atoms with Crippen molar-refractivity contribution < 1.29 is 17.6 Å². The van der Waals surface area contributed by atoms with Crippen molar-refractivity contribution in [2.75, 3.05) is 5.43 Å². The molecule has 0 aliphatic rings. The third-order valence-corrected chi connectivity index (χ3v) is 3.59. The zero-order valence-electron chi connectivity index (χ0n) is 12.5. The van der Waals surface area contributed by atoms with Gasteiger partial charge < -0.3 is 4.98 Å². The predicted octanol–water partition coefficient (Wildman–Crippen LogP) is 4.13. The van der Waals surface area contributed by atoms with Crippen molar-refractivity contribution in [3.63, 3.8) is 0 Å². The maximum atomic E-state index is 13.5. The summed E-state index contributed by atoms with van der Waals surface area (Å²) in [5.74, 6) is -6.77. The van der Waals surface area contributed by atoms with Crippen molar-refractivity contribution in [2.45, 2.75) is 13.3 Å². The summed E-state index contributed by atoms with van der Waals surface area (Å²) >= 11 is 0. The van der Waals surface area contributed by atoms with Gasteiger partial charge in [0.25, 0.3) is 11.9 Å². The number of fused-ring (bicyclic) bond motifs is 1. The number of aromatic nitrogens is 2. The molecule has 8 heteroatoms. The Kier molecular flexibility index (Phi) is 4.20. The van der Waals surface area contributed by atoms with Crippen molar-refractivity contribution in [1.29, 1.82) is 0 Å². The summed E-state index contributed by atoms with van der Waals surface area (Å²) in [6, 6.07) is 5.72. The molecule has 0 aliphatic carbocycles. The number of H-pyrrole nitrogens is 1. The van der Waals surface area contributed by atoms with E-state index in [0.717, 1.165) is 22.9 Å². The Hall–Kier alpha value is -2.90. The van der Waals surface area contributed by atoms with Crippen LogP contribution in [-0.4, -0.2) is 16.2 Å². The van der Waals surface area contributed by atoms with Crippen molar-refractivity contribution in [3.05, 3.63) is 59.1 Å². The lowest BCUT2D eigenvalue weighted by atomic mass is 10.1. The first kappa shape index (κ1) is 16.0. The third kappa shape index (κ3) is 2.70. The van der Waals surface area contributed by atoms with Crippen molar-refractivity contribution in [1.82, 2.24) is 9.97 Å². The summed E-state index contributed by atoms with van der Waals surface area (Å²) in [6.07, 6.45) is 3.81. The zero-order chi connectivity index (χ0) is 17.3. The fourth-order valence-electron chi connectivity index (χ4n) is 2.39. The van der Waals surface area contributed by atoms with Gasteiger partial charge in [0.2, 0.25) is 11.6 Å². The number of halogens is 4. The zero-order valence-corrected chi connectivity index (χ0v) is 12.5. The van der Waals surface area contributed by atoms with E-state index < -0.39 is 29.2 Å². The Labute approximate surface area is 134 Å². The van der Waals surface area contributed by atoms with E-state index in [4.69, 9.17) is 0 Å². The molecule has 2 aromatic heterocycles. The fraction of sp³-hybridized carbons (Fsp3) is 0.125. The molecule has 0 unspecified atom stereocenters. The lowest BCUT2D eigenvalue weighted by molar-refractivity contribution is 0.411. The van der Waals surface area contributed by atoms with E-state index in [1.165, 1.54) is 6.21 Å². The molecule has 0 bridgehead atoms. The summed E-state index contributed by atoms with van der Waals surface area (Å²) in [5.41, 5.74) is 3.64. The topological polar surface area (TPSA) is 53.1 Å². The standard InChI is InChI=1S/C16H12F4N4/c1-2-8-4-3-5-10-9(6-21-13(8)10)7-22-24-14-11(17)15(19)23-16(20)12(14)18/h3-7,21H,2H2,1H3,(H,23,24)/b22-7+. The molecular weight excluding hydrogens is 324 g/mol. The molecule has 0 aliphatic heterocycles. The molecule has 1 aromatic carbocycles. The minimum Gasteiger partial charge on any atom is -0.360 e. The fourth-order valence-corrected chi connectivity index (χ4v) is 2.39. The maximum Gasteiger partial charge on any atom is 0.254 e. The number of hydrogen-bond acceptors (Lipinski definition) is 3. The van der Waals surface area contributed by atoms with Crippen molar-refractivity contribution >= 4 is 22.8 Å². The smallest absolute Gasteiger partial charge is 0.254 e. The molecule has 124 valence electrons. The molecule has 4 nitrogen and oxygen atoms in total. The number of pyridine rings is 1. The normalized spacial score (nSPS) is 11.5. The van der Waals surface area contributed by atoms with Crippen molar-refractivity contribution in [2.24, 2.45) is 5.10 Å². The van der Waals surface area contributed by atoms with Gasteiger partial charge in [-0.15, -0.1) is 0 Å². The number of hydrogen-bond donors (Lipinski definition) is 2. The van der Waals surface area contributed by atoms with Crippen LogP contribution in [0.1, 0.15) is 18.1 Å². The van der Waals surface area contributed by atoms with Crippen LogP contribution in [0.4, 0.5) is 23.2 Å². The quantitative estimate of drug-likeness (QED) is 0.326. The van der Waals surface area contributed by atoms with Gasteiger partial charge >= 0.3 is 0 Å². The average Bonchev–Trinajstić information content (AvgIpc) is 2.99. The second kappa shape index (κ2) is 6.31. The van der Waals surface area contributed by atoms with Crippen LogP contribution in [0.25, 0.3) is 10.9 Å². The van der Waals surface area contributed by atoms with Gasteiger partial charge in [-0.3, -0.25) is 5.43 Å². The number of nitrogens with zero attached hydrogens (tertiary/aromatic N) is 2. The van der Waals surface area contributed by atoms with Crippen LogP contribution < -0.4 is 5.43 Å². The first-order chi connectivity index (χ1) is 11.5. The first-order valence-corrected chi connectivity index (χ1v) is 7.11. The highest BCUT2D eigenvalue weighted by atomic mass is 19.2. The van der Waals surface area contributed by atoms with Gasteiger partial charge in [0.1, 0.15) is 5.69 Å². The van der Waals surface area contributed by atoms with E-state index in [1.807, 2.05) is 30.5 Å². The van der Waals surface area contributed by atoms with Crippen LogP contribution in [0.5, 0.6) is 0 Å². The molecule has 0 saturated heterocycles. The van der Waals surface area contributed by atoms with E-state index in [9.17, 15) is 17.6 Å². The lowest BCUT2D eigenvalue weighted by Gasteiger charge is -2.04. The van der Waals surface area contributed by atoms with E-state index in [-0.39, 0.29) is 0 Å². The van der Waals surface area contributed by atoms with E-state index in [0.29, 0.717) is 5.56 Å². The van der Waals surface area contributed by atoms with Gasteiger partial charge in [0.15, 0.2) is 0 Å². The maximum absolute atomic E-state index is 13.5. The summed E-state index contributed by atoms with van der Waals surface area (Å²) in [4.78, 5) is 5.57. The van der Waals surface area contributed by atoms with Crippen LogP contribution in [0.15, 0.2) is 29.5 Å². The predicted molar refractivity (Wildman–Crippen MR) is 83.0 cm³/mol. The van der Waals surface area contributed by atoms with E-state index in [2.05, 4.69) is 15.1 Å². The van der Waals surface area contributed by atoms with Crippen LogP contribution in [0.3, 0.4) is 0 Å². The van der Waals surface area contributed by atoms with Gasteiger partial charge in [-0.2, -0.15) is 27.6 Å². The van der Waals surface area contributed by atoms with Crippen molar-refractivity contribution in [3.8, 4) is 0 Å². The molecule has 0 amide bonds. The Morgan fingerprint density at radius 1 is 1.17 bits per heavy atom. The van der Waals surface area contributed by atoms with Gasteiger partial charge in [-0.1, -0.05) is 25.1 Å². The molecule has 0 spiro atoms. The van der Waals surface area contributed by atoms with Gasteiger partial charge in [-0.05, 0) is 12.0 Å². The number of benzene rings is 1. The Balaban J connectivity index is 1.91. The lowest BCUT2D eigenvalue weighted by Crippen LogP contribution is -2.05.